The Balaban J connectivity index is 1.01. The van der Waals surface area contributed by atoms with Gasteiger partial charge in [0.25, 0.3) is 0 Å². The average molecular weight is 794 g/mol. The number of nitrogens with zero attached hydrogens (tertiary/aromatic N) is 3. The van der Waals surface area contributed by atoms with Crippen LogP contribution in [-0.4, -0.2) is 20.2 Å². The number of hydrogen-bond donors (Lipinski definition) is 2. The summed E-state index contributed by atoms with van der Waals surface area (Å²) in [4.78, 5) is 10.4. The first-order valence-electron chi connectivity index (χ1n) is 20.8. The topological polar surface area (TPSA) is 66.6 Å². The third kappa shape index (κ3) is 6.68. The van der Waals surface area contributed by atoms with Crippen LogP contribution in [0.5, 0.6) is 0 Å². The highest BCUT2D eigenvalue weighted by Gasteiger charge is 2.24. The molecule has 2 aromatic heterocycles. The van der Waals surface area contributed by atoms with Crippen molar-refractivity contribution in [2.75, 3.05) is 0 Å². The Morgan fingerprint density at radius 2 is 1.02 bits per heavy atom. The molecule has 10 aromatic rings. The molecule has 5 heteroatoms. The summed E-state index contributed by atoms with van der Waals surface area (Å²) in [5, 5.41) is 16.0. The quantitative estimate of drug-likeness (QED) is 0.151. The molecule has 5 nitrogen and oxygen atoms in total. The lowest BCUT2D eigenvalue weighted by Crippen LogP contribution is -2.20. The van der Waals surface area contributed by atoms with Crippen LogP contribution in [0, 0.1) is 5.41 Å². The number of nitrogens with one attached hydrogen (secondary N) is 2. The third-order valence-corrected chi connectivity index (χ3v) is 11.6. The maximum Gasteiger partial charge on any atom is 0.160 e. The lowest BCUT2D eigenvalue weighted by Gasteiger charge is -2.26. The van der Waals surface area contributed by atoms with Gasteiger partial charge < -0.3 is 9.88 Å². The zero-order chi connectivity index (χ0) is 41.4. The molecular weight excluding hydrogens is 755 g/mol. The smallest absolute Gasteiger partial charge is 0.160 e. The first-order valence-corrected chi connectivity index (χ1v) is 20.8. The molecule has 0 radical (unpaired) electrons. The molecule has 0 fully saturated rings. The zero-order valence-electron chi connectivity index (χ0n) is 33.7. The monoisotopic (exact) mass is 793 g/mol. The van der Waals surface area contributed by atoms with Gasteiger partial charge in [-0.15, -0.1) is 0 Å². The highest BCUT2D eigenvalue weighted by molar-refractivity contribution is 6.36. The Morgan fingerprint density at radius 1 is 0.452 bits per heavy atom. The second kappa shape index (κ2) is 15.6. The summed E-state index contributed by atoms with van der Waals surface area (Å²) >= 11 is 0. The van der Waals surface area contributed by atoms with Crippen LogP contribution >= 0.6 is 0 Å². The van der Waals surface area contributed by atoms with Gasteiger partial charge in [0.05, 0.1) is 33.8 Å². The van der Waals surface area contributed by atoms with Crippen LogP contribution < -0.4 is 5.32 Å². The van der Waals surface area contributed by atoms with E-state index in [9.17, 15) is 5.41 Å². The molecule has 292 valence electrons. The van der Waals surface area contributed by atoms with Crippen molar-refractivity contribution >= 4 is 50.6 Å². The Hall–Kier alpha value is -8.41. The predicted octanol–water partition coefficient (Wildman–Crippen LogP) is 13.6. The van der Waals surface area contributed by atoms with E-state index in [-0.39, 0.29) is 0 Å². The van der Waals surface area contributed by atoms with E-state index in [1.165, 1.54) is 5.39 Å². The lowest BCUT2D eigenvalue weighted by atomic mass is 9.88. The minimum absolute atomic E-state index is 0.422. The largest absolute Gasteiger partial charge is 0.354 e. The highest BCUT2D eigenvalue weighted by Crippen LogP contribution is 2.38. The Bertz CT molecular complexity index is 3350. The molecule has 0 saturated heterocycles. The van der Waals surface area contributed by atoms with E-state index >= 15 is 0 Å². The normalized spacial score (nSPS) is 13.0. The van der Waals surface area contributed by atoms with Gasteiger partial charge in [-0.2, -0.15) is 0 Å². The first-order chi connectivity index (χ1) is 30.7. The zero-order valence-corrected chi connectivity index (χ0v) is 33.7. The summed E-state index contributed by atoms with van der Waals surface area (Å²) in [6.45, 7) is 0. The maximum absolute atomic E-state index is 9.88. The number of hydrogen-bond acceptors (Lipinski definition) is 4. The van der Waals surface area contributed by atoms with E-state index in [2.05, 4.69) is 180 Å². The molecule has 0 atom stereocenters. The number of benzene rings is 8. The third-order valence-electron chi connectivity index (χ3n) is 11.6. The molecular formula is C57H39N5. The van der Waals surface area contributed by atoms with Gasteiger partial charge in [0, 0.05) is 55.5 Å². The van der Waals surface area contributed by atoms with Gasteiger partial charge in [0.2, 0.25) is 0 Å². The standard InChI is InChI=1S/C57H39N5/c58-55(54(41-21-9-3-10-22-41)56-46-26-14-13-23-43(46)36-49(59-56)38-17-5-1-6-18-38)42-31-29-40(30-32-42)51-37-50(39-19-7-2-8-20-39)60-57(61-51)44-33-34-53-48(35-44)47-27-15-16-28-52(47)62(53)45-24-11-4-12-25-45/h1-37,58-59H/b56-54-,58-55?. The van der Waals surface area contributed by atoms with Gasteiger partial charge in [-0.3, -0.25) is 5.41 Å². The van der Waals surface area contributed by atoms with Crippen LogP contribution in [0.3, 0.4) is 0 Å². The van der Waals surface area contributed by atoms with E-state index in [4.69, 9.17) is 9.97 Å². The molecule has 8 aromatic carbocycles. The van der Waals surface area contributed by atoms with Crippen LogP contribution in [0.15, 0.2) is 218 Å². The Kier molecular flexibility index (Phi) is 9.25. The van der Waals surface area contributed by atoms with E-state index in [1.54, 1.807) is 0 Å². The van der Waals surface area contributed by atoms with Crippen molar-refractivity contribution in [1.29, 1.82) is 5.41 Å². The second-order valence-corrected chi connectivity index (χ2v) is 15.5. The van der Waals surface area contributed by atoms with Gasteiger partial charge in [-0.1, -0.05) is 176 Å². The minimum Gasteiger partial charge on any atom is -0.354 e. The van der Waals surface area contributed by atoms with Crippen molar-refractivity contribution < 1.29 is 0 Å². The molecule has 1 aliphatic heterocycles. The molecule has 0 aliphatic carbocycles. The van der Waals surface area contributed by atoms with Crippen LogP contribution in [0.1, 0.15) is 27.8 Å². The van der Waals surface area contributed by atoms with Crippen LogP contribution in [0.25, 0.3) is 84.4 Å². The molecule has 2 N–H and O–H groups in total. The fourth-order valence-electron chi connectivity index (χ4n) is 8.63. The Morgan fingerprint density at radius 3 is 1.74 bits per heavy atom. The van der Waals surface area contributed by atoms with Crippen LogP contribution in [0.2, 0.25) is 0 Å². The van der Waals surface area contributed by atoms with E-state index in [0.717, 1.165) is 95.0 Å². The molecule has 62 heavy (non-hydrogen) atoms. The summed E-state index contributed by atoms with van der Waals surface area (Å²) in [7, 11) is 0. The van der Waals surface area contributed by atoms with Crippen molar-refractivity contribution in [3.63, 3.8) is 0 Å². The molecule has 0 amide bonds. The van der Waals surface area contributed by atoms with Gasteiger partial charge >= 0.3 is 0 Å². The fraction of sp³-hybridized carbons (Fsp3) is 0. The SMILES string of the molecule is N=C(/C(=C1\NC(c2ccccc2)=Cc2ccccc21)c1ccccc1)c1ccc(-c2cc(-c3ccccc3)nc(-c3ccc4c(c3)c3ccccc3n4-c3ccccc3)n2)cc1. The van der Waals surface area contributed by atoms with Crippen molar-refractivity contribution in [2.45, 2.75) is 0 Å². The van der Waals surface area contributed by atoms with Gasteiger partial charge in [0.15, 0.2) is 5.82 Å². The summed E-state index contributed by atoms with van der Waals surface area (Å²) in [6, 6.07) is 75.2. The summed E-state index contributed by atoms with van der Waals surface area (Å²) in [5.74, 6) is 0.650. The average Bonchev–Trinajstić information content (AvgIpc) is 3.69. The van der Waals surface area contributed by atoms with Gasteiger partial charge in [0.1, 0.15) is 0 Å². The number of fused-ring (bicyclic) bond motifs is 4. The number of allylic oxidation sites excluding steroid dienone is 1. The lowest BCUT2D eigenvalue weighted by molar-refractivity contribution is 1.17. The van der Waals surface area contributed by atoms with Crippen molar-refractivity contribution in [2.24, 2.45) is 0 Å². The number of para-hydroxylation sites is 2. The minimum atomic E-state index is 0.422. The van der Waals surface area contributed by atoms with Crippen molar-refractivity contribution in [3.05, 3.63) is 246 Å². The Labute approximate surface area is 360 Å². The molecule has 0 saturated carbocycles. The maximum atomic E-state index is 9.88. The molecule has 0 bridgehead atoms. The molecule has 1 aliphatic rings. The predicted molar refractivity (Wildman–Crippen MR) is 257 cm³/mol. The van der Waals surface area contributed by atoms with E-state index in [0.29, 0.717) is 11.5 Å². The van der Waals surface area contributed by atoms with E-state index < -0.39 is 0 Å². The van der Waals surface area contributed by atoms with Gasteiger partial charge in [-0.25, -0.2) is 9.97 Å². The first kappa shape index (κ1) is 36.7. The summed E-state index contributed by atoms with van der Waals surface area (Å²) in [5.41, 5.74) is 16.1. The molecule has 0 unspecified atom stereocenters. The highest BCUT2D eigenvalue weighted by atomic mass is 15.0. The molecule has 0 spiro atoms. The van der Waals surface area contributed by atoms with Gasteiger partial charge in [-0.05, 0) is 65.2 Å². The number of rotatable bonds is 8. The van der Waals surface area contributed by atoms with E-state index in [1.807, 2.05) is 54.6 Å². The summed E-state index contributed by atoms with van der Waals surface area (Å²) in [6.07, 6.45) is 2.19. The molecule has 3 heterocycles. The van der Waals surface area contributed by atoms with Crippen LogP contribution in [0.4, 0.5) is 0 Å². The number of aromatic nitrogens is 3. The fourth-order valence-corrected chi connectivity index (χ4v) is 8.63. The molecule has 11 rings (SSSR count). The van der Waals surface area contributed by atoms with Crippen LogP contribution in [-0.2, 0) is 0 Å². The van der Waals surface area contributed by atoms with Crippen molar-refractivity contribution in [3.8, 4) is 39.6 Å². The van der Waals surface area contributed by atoms with Crippen molar-refractivity contribution in [1.82, 2.24) is 19.9 Å². The second-order valence-electron chi connectivity index (χ2n) is 15.5. The summed E-state index contributed by atoms with van der Waals surface area (Å²) < 4.78 is 2.32.